The Morgan fingerprint density at radius 1 is 1.00 bits per heavy atom. The lowest BCUT2D eigenvalue weighted by Crippen LogP contribution is -1.97. The van der Waals surface area contributed by atoms with Crippen LogP contribution in [0.15, 0.2) is 59.4 Å². The van der Waals surface area contributed by atoms with Crippen LogP contribution < -0.4 is 9.48 Å². The van der Waals surface area contributed by atoms with Crippen LogP contribution in [0.3, 0.4) is 0 Å². The van der Waals surface area contributed by atoms with Gasteiger partial charge in [-0.1, -0.05) is 53.0 Å². The summed E-state index contributed by atoms with van der Waals surface area (Å²) in [5.74, 6) is 0.723. The fraction of sp³-hybridized carbons (Fsp3) is 0.105. The van der Waals surface area contributed by atoms with Crippen LogP contribution in [0.4, 0.5) is 0 Å². The topological polar surface area (TPSA) is 52.1 Å². The highest BCUT2D eigenvalue weighted by molar-refractivity contribution is 7.16. The summed E-state index contributed by atoms with van der Waals surface area (Å²) in [4.78, 5) is 12.1. The Labute approximate surface area is 152 Å². The van der Waals surface area contributed by atoms with Gasteiger partial charge in [0.05, 0.1) is 0 Å². The average molecular weight is 366 g/mol. The van der Waals surface area contributed by atoms with Crippen LogP contribution in [0.2, 0.25) is 0 Å². The molecule has 0 aliphatic carbocycles. The van der Waals surface area contributed by atoms with Crippen molar-refractivity contribution in [1.29, 1.82) is 0 Å². The van der Waals surface area contributed by atoms with E-state index in [1.165, 1.54) is 22.7 Å². The number of hydrogen-bond donors (Lipinski definition) is 0. The standard InChI is InChI=1S/C19H14N2O2S2/c1-12-20-21-18(24-12)11-23-14-7-8-15-16(13-5-3-2-4-6-13)10-19(22)25-17(15)9-14/h2-10H,11H2,1H3. The SMILES string of the molecule is Cc1nnc(COc2ccc3c(-c4ccccc4)cc(=O)sc3c2)s1. The Hall–Kier alpha value is -2.57. The summed E-state index contributed by atoms with van der Waals surface area (Å²) in [5, 5.41) is 10.8. The first-order chi connectivity index (χ1) is 12.2. The first-order valence-electron chi connectivity index (χ1n) is 7.74. The van der Waals surface area contributed by atoms with Crippen LogP contribution in [0, 0.1) is 6.92 Å². The van der Waals surface area contributed by atoms with Crippen LogP contribution in [0.25, 0.3) is 21.2 Å². The maximum atomic E-state index is 12.1. The predicted octanol–water partition coefficient (Wildman–Crippen LogP) is 4.67. The smallest absolute Gasteiger partial charge is 0.233 e. The summed E-state index contributed by atoms with van der Waals surface area (Å²) in [6.45, 7) is 2.30. The van der Waals surface area contributed by atoms with Crippen LogP contribution in [-0.4, -0.2) is 10.2 Å². The molecule has 0 radical (unpaired) electrons. The second-order valence-corrected chi connectivity index (χ2v) is 7.82. The van der Waals surface area contributed by atoms with Gasteiger partial charge in [0.1, 0.15) is 17.4 Å². The van der Waals surface area contributed by atoms with E-state index < -0.39 is 0 Å². The highest BCUT2D eigenvalue weighted by Gasteiger charge is 2.08. The van der Waals surface area contributed by atoms with E-state index in [4.69, 9.17) is 4.74 Å². The fourth-order valence-corrected chi connectivity index (χ4v) is 4.11. The molecule has 25 heavy (non-hydrogen) atoms. The van der Waals surface area contributed by atoms with Gasteiger partial charge in [-0.2, -0.15) is 0 Å². The number of rotatable bonds is 4. The number of nitrogens with zero attached hydrogens (tertiary/aromatic N) is 2. The highest BCUT2D eigenvalue weighted by Crippen LogP contribution is 2.31. The van der Waals surface area contributed by atoms with Crippen molar-refractivity contribution in [2.24, 2.45) is 0 Å². The van der Waals surface area contributed by atoms with Crippen LogP contribution in [0.5, 0.6) is 5.75 Å². The Morgan fingerprint density at radius 2 is 1.84 bits per heavy atom. The molecule has 0 saturated carbocycles. The molecule has 0 atom stereocenters. The van der Waals surface area contributed by atoms with E-state index in [1.54, 1.807) is 6.07 Å². The van der Waals surface area contributed by atoms with Crippen LogP contribution in [-0.2, 0) is 6.61 Å². The Kier molecular flexibility index (Phi) is 4.29. The van der Waals surface area contributed by atoms with Crippen molar-refractivity contribution >= 4 is 32.8 Å². The van der Waals surface area contributed by atoms with E-state index >= 15 is 0 Å². The van der Waals surface area contributed by atoms with E-state index in [9.17, 15) is 4.79 Å². The first-order valence-corrected chi connectivity index (χ1v) is 9.37. The quantitative estimate of drug-likeness (QED) is 0.527. The minimum Gasteiger partial charge on any atom is -0.486 e. The third kappa shape index (κ3) is 3.45. The lowest BCUT2D eigenvalue weighted by molar-refractivity contribution is 0.305. The van der Waals surface area contributed by atoms with Gasteiger partial charge in [0, 0.05) is 16.2 Å². The van der Waals surface area contributed by atoms with Gasteiger partial charge in [-0.25, -0.2) is 0 Å². The number of aryl methyl sites for hydroxylation is 1. The summed E-state index contributed by atoms with van der Waals surface area (Å²) in [5.41, 5.74) is 1.99. The molecule has 0 N–H and O–H groups in total. The number of hydrogen-bond acceptors (Lipinski definition) is 6. The van der Waals surface area contributed by atoms with Gasteiger partial charge in [0.2, 0.25) is 4.74 Å². The minimum absolute atomic E-state index is 0.0308. The fourth-order valence-electron chi connectivity index (χ4n) is 2.63. The maximum Gasteiger partial charge on any atom is 0.233 e. The maximum absolute atomic E-state index is 12.1. The lowest BCUT2D eigenvalue weighted by Gasteiger charge is -2.08. The Morgan fingerprint density at radius 3 is 2.60 bits per heavy atom. The summed E-state index contributed by atoms with van der Waals surface area (Å²) < 4.78 is 6.76. The minimum atomic E-state index is 0.0308. The van der Waals surface area contributed by atoms with Gasteiger partial charge in [0.15, 0.2) is 5.01 Å². The van der Waals surface area contributed by atoms with Crippen LogP contribution >= 0.6 is 22.7 Å². The molecule has 0 aliphatic heterocycles. The highest BCUT2D eigenvalue weighted by atomic mass is 32.1. The molecule has 0 saturated heterocycles. The van der Waals surface area contributed by atoms with Crippen molar-refractivity contribution in [3.63, 3.8) is 0 Å². The average Bonchev–Trinajstić information content (AvgIpc) is 3.05. The molecule has 2 aromatic heterocycles. The molecule has 4 rings (SSSR count). The molecule has 0 spiro atoms. The van der Waals surface area contributed by atoms with E-state index in [0.29, 0.717) is 6.61 Å². The summed E-state index contributed by atoms with van der Waals surface area (Å²) >= 11 is 2.75. The molecule has 0 aliphatic rings. The number of fused-ring (bicyclic) bond motifs is 1. The van der Waals surface area contributed by atoms with Crippen molar-refractivity contribution in [3.8, 4) is 16.9 Å². The number of benzene rings is 2. The molecule has 124 valence electrons. The molecule has 0 fully saturated rings. The van der Waals surface area contributed by atoms with Gasteiger partial charge >= 0.3 is 0 Å². The van der Waals surface area contributed by atoms with Gasteiger partial charge in [0.25, 0.3) is 0 Å². The Balaban J connectivity index is 1.70. The predicted molar refractivity (Wildman–Crippen MR) is 103 cm³/mol. The molecule has 0 unspecified atom stereocenters. The summed E-state index contributed by atoms with van der Waals surface area (Å²) in [6.07, 6.45) is 0. The second kappa shape index (κ2) is 6.74. The van der Waals surface area contributed by atoms with Crippen LogP contribution in [0.1, 0.15) is 10.0 Å². The number of aromatic nitrogens is 2. The van der Waals surface area contributed by atoms with E-state index in [2.05, 4.69) is 10.2 Å². The monoisotopic (exact) mass is 366 g/mol. The van der Waals surface area contributed by atoms with Crippen molar-refractivity contribution in [2.45, 2.75) is 13.5 Å². The zero-order valence-corrected chi connectivity index (χ0v) is 15.1. The second-order valence-electron chi connectivity index (χ2n) is 5.51. The zero-order chi connectivity index (χ0) is 17.2. The molecule has 2 heterocycles. The zero-order valence-electron chi connectivity index (χ0n) is 13.4. The molecule has 4 nitrogen and oxygen atoms in total. The normalized spacial score (nSPS) is 10.9. The molecule has 2 aromatic carbocycles. The molecular weight excluding hydrogens is 352 g/mol. The van der Waals surface area contributed by atoms with Gasteiger partial charge in [-0.3, -0.25) is 4.79 Å². The third-order valence-corrected chi connectivity index (χ3v) is 5.42. The Bertz CT molecular complexity index is 1090. The van der Waals surface area contributed by atoms with E-state index in [0.717, 1.165) is 37.0 Å². The first kappa shape index (κ1) is 15.9. The largest absolute Gasteiger partial charge is 0.486 e. The summed E-state index contributed by atoms with van der Waals surface area (Å²) in [6, 6.07) is 17.5. The molecule has 6 heteroatoms. The summed E-state index contributed by atoms with van der Waals surface area (Å²) in [7, 11) is 0. The van der Waals surface area contributed by atoms with E-state index in [-0.39, 0.29) is 4.74 Å². The van der Waals surface area contributed by atoms with E-state index in [1.807, 2.05) is 55.5 Å². The van der Waals surface area contributed by atoms with Crippen molar-refractivity contribution in [2.75, 3.05) is 0 Å². The van der Waals surface area contributed by atoms with Gasteiger partial charge < -0.3 is 4.74 Å². The molecular formula is C19H14N2O2S2. The lowest BCUT2D eigenvalue weighted by atomic mass is 10.0. The third-order valence-electron chi connectivity index (χ3n) is 3.73. The van der Waals surface area contributed by atoms with Crippen molar-refractivity contribution in [3.05, 3.63) is 74.1 Å². The van der Waals surface area contributed by atoms with Crippen molar-refractivity contribution in [1.82, 2.24) is 10.2 Å². The number of ether oxygens (including phenoxy) is 1. The molecule has 4 aromatic rings. The molecule has 0 amide bonds. The van der Waals surface area contributed by atoms with Gasteiger partial charge in [-0.05, 0) is 36.2 Å². The van der Waals surface area contributed by atoms with Gasteiger partial charge in [-0.15, -0.1) is 10.2 Å². The van der Waals surface area contributed by atoms with Crippen molar-refractivity contribution < 1.29 is 4.74 Å². The molecule has 0 bridgehead atoms.